The summed E-state index contributed by atoms with van der Waals surface area (Å²) in [6.07, 6.45) is 6.88. The van der Waals surface area contributed by atoms with Crippen LogP contribution in [-0.4, -0.2) is 18.9 Å². The molecule has 0 saturated heterocycles. The first-order valence-electron chi connectivity index (χ1n) is 8.03. The van der Waals surface area contributed by atoms with Gasteiger partial charge in [0.25, 0.3) is 0 Å². The van der Waals surface area contributed by atoms with Crippen LogP contribution in [-0.2, 0) is 4.79 Å². The van der Waals surface area contributed by atoms with Gasteiger partial charge in [0.05, 0.1) is 0 Å². The Labute approximate surface area is 138 Å². The molecule has 2 aromatic rings. The quantitative estimate of drug-likeness (QED) is 0.683. The summed E-state index contributed by atoms with van der Waals surface area (Å²) in [5.74, 6) is -0.0123. The highest BCUT2D eigenvalue weighted by atomic mass is 16.1. The lowest BCUT2D eigenvalue weighted by molar-refractivity contribution is -0.110. The molecule has 0 radical (unpaired) electrons. The molecule has 0 aliphatic rings. The molecule has 0 fully saturated rings. The minimum atomic E-state index is -0.0123. The Kier molecular flexibility index (Phi) is 6.37. The van der Waals surface area contributed by atoms with Crippen LogP contribution in [0.3, 0.4) is 0 Å². The monoisotopic (exact) mass is 305 g/mol. The van der Waals surface area contributed by atoms with Gasteiger partial charge in [-0.2, -0.15) is 0 Å². The van der Waals surface area contributed by atoms with E-state index in [9.17, 15) is 4.79 Å². The van der Waals surface area contributed by atoms with E-state index in [1.165, 1.54) is 5.69 Å². The predicted molar refractivity (Wildman–Crippen MR) is 99.5 cm³/mol. The number of nitrogens with zero attached hydrogens (tertiary/aromatic N) is 1. The Morgan fingerprint density at radius 2 is 1.35 bits per heavy atom. The lowest BCUT2D eigenvalue weighted by Gasteiger charge is -2.20. The van der Waals surface area contributed by atoms with Gasteiger partial charge in [-0.3, -0.25) is 4.79 Å². The van der Waals surface area contributed by atoms with Gasteiger partial charge in [0.1, 0.15) is 0 Å². The van der Waals surface area contributed by atoms with Crippen LogP contribution < -0.4 is 4.90 Å². The van der Waals surface area contributed by atoms with Crippen LogP contribution in [0.2, 0.25) is 0 Å². The summed E-state index contributed by atoms with van der Waals surface area (Å²) in [5.41, 5.74) is 3.27. The number of ketones is 1. The number of carbonyl (C=O) groups excluding carboxylic acids is 1. The second-order valence-corrected chi connectivity index (χ2v) is 5.24. The van der Waals surface area contributed by atoms with Gasteiger partial charge in [0.2, 0.25) is 0 Å². The SMILES string of the molecule is CCN(CC)c1ccc(C=CC(=O)C=Cc2ccccc2)cc1. The number of rotatable bonds is 7. The smallest absolute Gasteiger partial charge is 0.178 e. The van der Waals surface area contributed by atoms with Gasteiger partial charge < -0.3 is 4.90 Å². The van der Waals surface area contributed by atoms with Crippen LogP contribution >= 0.6 is 0 Å². The van der Waals surface area contributed by atoms with Crippen LogP contribution in [0.5, 0.6) is 0 Å². The minimum absolute atomic E-state index is 0.0123. The van der Waals surface area contributed by atoms with Gasteiger partial charge in [-0.15, -0.1) is 0 Å². The zero-order chi connectivity index (χ0) is 16.5. The van der Waals surface area contributed by atoms with Crippen molar-refractivity contribution in [2.75, 3.05) is 18.0 Å². The van der Waals surface area contributed by atoms with Gasteiger partial charge in [0, 0.05) is 18.8 Å². The standard InChI is InChI=1S/C21H23NO/c1-3-22(4-2)20-14-10-19(11-15-20)13-17-21(23)16-12-18-8-6-5-7-9-18/h5-17H,3-4H2,1-2H3. The van der Waals surface area contributed by atoms with Gasteiger partial charge in [-0.05, 0) is 49.3 Å². The molecule has 0 bridgehead atoms. The first kappa shape index (κ1) is 16.8. The molecule has 2 heteroatoms. The number of benzene rings is 2. The minimum Gasteiger partial charge on any atom is -0.372 e. The van der Waals surface area contributed by atoms with Crippen molar-refractivity contribution in [2.45, 2.75) is 13.8 Å². The molecule has 0 N–H and O–H groups in total. The highest BCUT2D eigenvalue weighted by Crippen LogP contribution is 2.15. The van der Waals surface area contributed by atoms with Crippen LogP contribution in [0.4, 0.5) is 5.69 Å². The fourth-order valence-corrected chi connectivity index (χ4v) is 2.36. The normalized spacial score (nSPS) is 11.2. The number of carbonyl (C=O) groups is 1. The lowest BCUT2D eigenvalue weighted by atomic mass is 10.1. The Bertz CT molecular complexity index is 665. The van der Waals surface area contributed by atoms with E-state index >= 15 is 0 Å². The fraction of sp³-hybridized carbons (Fsp3) is 0.190. The van der Waals surface area contributed by atoms with Gasteiger partial charge in [0.15, 0.2) is 5.78 Å². The zero-order valence-electron chi connectivity index (χ0n) is 13.8. The van der Waals surface area contributed by atoms with E-state index in [1.54, 1.807) is 12.2 Å². The summed E-state index contributed by atoms with van der Waals surface area (Å²) >= 11 is 0. The molecule has 0 aromatic heterocycles. The molecule has 0 amide bonds. The molecule has 0 saturated carbocycles. The Balaban J connectivity index is 1.97. The van der Waals surface area contributed by atoms with Crippen molar-refractivity contribution in [3.63, 3.8) is 0 Å². The van der Waals surface area contributed by atoms with Crippen LogP contribution in [0.15, 0.2) is 66.7 Å². The molecular weight excluding hydrogens is 282 g/mol. The van der Waals surface area contributed by atoms with Gasteiger partial charge in [-0.25, -0.2) is 0 Å². The molecule has 0 spiro atoms. The maximum absolute atomic E-state index is 11.9. The Morgan fingerprint density at radius 1 is 0.826 bits per heavy atom. The van der Waals surface area contributed by atoms with Crippen molar-refractivity contribution >= 4 is 23.6 Å². The molecular formula is C21H23NO. The number of anilines is 1. The van der Waals surface area contributed by atoms with Crippen molar-refractivity contribution in [3.8, 4) is 0 Å². The van der Waals surface area contributed by atoms with Crippen molar-refractivity contribution in [1.82, 2.24) is 0 Å². The van der Waals surface area contributed by atoms with Gasteiger partial charge >= 0.3 is 0 Å². The van der Waals surface area contributed by atoms with E-state index in [-0.39, 0.29) is 5.78 Å². The third kappa shape index (κ3) is 5.26. The van der Waals surface area contributed by atoms with E-state index in [2.05, 4.69) is 30.9 Å². The van der Waals surface area contributed by atoms with Gasteiger partial charge in [-0.1, -0.05) is 54.6 Å². The summed E-state index contributed by atoms with van der Waals surface area (Å²) in [6, 6.07) is 18.1. The third-order valence-electron chi connectivity index (χ3n) is 3.70. The summed E-state index contributed by atoms with van der Waals surface area (Å²) in [7, 11) is 0. The van der Waals surface area contributed by atoms with E-state index in [0.29, 0.717) is 0 Å². The van der Waals surface area contributed by atoms with Crippen molar-refractivity contribution < 1.29 is 4.79 Å². The molecule has 0 heterocycles. The summed E-state index contributed by atoms with van der Waals surface area (Å²) in [4.78, 5) is 14.2. The van der Waals surface area contributed by atoms with E-state index < -0.39 is 0 Å². The van der Waals surface area contributed by atoms with Crippen molar-refractivity contribution in [3.05, 3.63) is 77.9 Å². The molecule has 0 aliphatic carbocycles. The lowest BCUT2D eigenvalue weighted by Crippen LogP contribution is -2.21. The molecule has 0 atom stereocenters. The topological polar surface area (TPSA) is 20.3 Å². The molecule has 0 unspecified atom stereocenters. The highest BCUT2D eigenvalue weighted by molar-refractivity contribution is 6.04. The second kappa shape index (κ2) is 8.74. The molecule has 0 aliphatic heterocycles. The van der Waals surface area contributed by atoms with Crippen molar-refractivity contribution in [1.29, 1.82) is 0 Å². The van der Waals surface area contributed by atoms with Crippen molar-refractivity contribution in [2.24, 2.45) is 0 Å². The summed E-state index contributed by atoms with van der Waals surface area (Å²) < 4.78 is 0. The van der Waals surface area contributed by atoms with E-state index in [0.717, 1.165) is 24.2 Å². The maximum Gasteiger partial charge on any atom is 0.178 e. The first-order chi connectivity index (χ1) is 11.2. The Hall–Kier alpha value is -2.61. The average Bonchev–Trinajstić information content (AvgIpc) is 2.61. The predicted octanol–water partition coefficient (Wildman–Crippen LogP) is 4.83. The number of hydrogen-bond donors (Lipinski definition) is 0. The fourth-order valence-electron chi connectivity index (χ4n) is 2.36. The zero-order valence-corrected chi connectivity index (χ0v) is 13.8. The third-order valence-corrected chi connectivity index (χ3v) is 3.70. The number of hydrogen-bond acceptors (Lipinski definition) is 2. The summed E-state index contributed by atoms with van der Waals surface area (Å²) in [6.45, 7) is 6.28. The first-order valence-corrected chi connectivity index (χ1v) is 8.03. The van der Waals surface area contributed by atoms with Crippen LogP contribution in [0, 0.1) is 0 Å². The summed E-state index contributed by atoms with van der Waals surface area (Å²) in [5, 5.41) is 0. The average molecular weight is 305 g/mol. The molecule has 2 aromatic carbocycles. The molecule has 2 nitrogen and oxygen atoms in total. The van der Waals surface area contributed by atoms with E-state index in [4.69, 9.17) is 0 Å². The van der Waals surface area contributed by atoms with Crippen LogP contribution in [0.25, 0.3) is 12.2 Å². The van der Waals surface area contributed by atoms with Crippen LogP contribution in [0.1, 0.15) is 25.0 Å². The molecule has 2 rings (SSSR count). The molecule has 23 heavy (non-hydrogen) atoms. The molecule has 118 valence electrons. The maximum atomic E-state index is 11.9. The highest BCUT2D eigenvalue weighted by Gasteiger charge is 2.00. The second-order valence-electron chi connectivity index (χ2n) is 5.24. The largest absolute Gasteiger partial charge is 0.372 e. The number of allylic oxidation sites excluding steroid dienone is 2. The van der Waals surface area contributed by atoms with E-state index in [1.807, 2.05) is 54.6 Å². The Morgan fingerprint density at radius 3 is 1.87 bits per heavy atom.